The van der Waals surface area contributed by atoms with Gasteiger partial charge in [-0.25, -0.2) is 9.37 Å². The predicted octanol–water partition coefficient (Wildman–Crippen LogP) is 4.06. The molecule has 19 heavy (non-hydrogen) atoms. The molecule has 0 spiro atoms. The van der Waals surface area contributed by atoms with Gasteiger partial charge in [0.25, 0.3) is 0 Å². The van der Waals surface area contributed by atoms with Crippen molar-refractivity contribution >= 4 is 34.4 Å². The number of nitrogens with zero attached hydrogens (tertiary/aromatic N) is 2. The first-order valence-corrected chi connectivity index (χ1v) is 8.26. The Kier molecular flexibility index (Phi) is 3.99. The zero-order chi connectivity index (χ0) is 13.2. The lowest BCUT2D eigenvalue weighted by atomic mass is 10.0. The third-order valence-electron chi connectivity index (χ3n) is 3.70. The van der Waals surface area contributed by atoms with E-state index in [9.17, 15) is 4.39 Å². The topological polar surface area (TPSA) is 17.8 Å². The van der Waals surface area contributed by atoms with Gasteiger partial charge in [0.1, 0.15) is 17.2 Å². The van der Waals surface area contributed by atoms with Gasteiger partial charge >= 0.3 is 0 Å². The number of para-hydroxylation sites is 1. The van der Waals surface area contributed by atoms with Crippen LogP contribution in [0.25, 0.3) is 11.0 Å². The fraction of sp³-hybridized carbons (Fsp3) is 0.500. The molecule has 1 aromatic carbocycles. The maximum absolute atomic E-state index is 14.0. The molecule has 3 rings (SSSR count). The van der Waals surface area contributed by atoms with Crippen LogP contribution < -0.4 is 0 Å². The molecule has 0 unspecified atom stereocenters. The van der Waals surface area contributed by atoms with E-state index in [4.69, 9.17) is 11.6 Å². The summed E-state index contributed by atoms with van der Waals surface area (Å²) in [5, 5.41) is 0. The summed E-state index contributed by atoms with van der Waals surface area (Å²) in [4.78, 5) is 4.44. The first-order valence-electron chi connectivity index (χ1n) is 6.57. The van der Waals surface area contributed by atoms with Gasteiger partial charge in [-0.15, -0.1) is 11.6 Å². The van der Waals surface area contributed by atoms with Gasteiger partial charge in [0.2, 0.25) is 0 Å². The van der Waals surface area contributed by atoms with Crippen molar-refractivity contribution in [3.63, 3.8) is 0 Å². The van der Waals surface area contributed by atoms with E-state index >= 15 is 0 Å². The highest BCUT2D eigenvalue weighted by Crippen LogP contribution is 2.28. The Balaban J connectivity index is 2.00. The van der Waals surface area contributed by atoms with Crippen molar-refractivity contribution in [3.05, 3.63) is 29.8 Å². The van der Waals surface area contributed by atoms with Gasteiger partial charge in [0.15, 0.2) is 0 Å². The number of thioether (sulfide) groups is 1. The van der Waals surface area contributed by atoms with Crippen molar-refractivity contribution in [2.24, 2.45) is 5.92 Å². The molecular weight excluding hydrogens is 283 g/mol. The van der Waals surface area contributed by atoms with Crippen LogP contribution in [0.1, 0.15) is 18.7 Å². The fourth-order valence-corrected chi connectivity index (χ4v) is 4.08. The van der Waals surface area contributed by atoms with Crippen LogP contribution in [0.3, 0.4) is 0 Å². The molecule has 0 radical (unpaired) electrons. The largest absolute Gasteiger partial charge is 0.324 e. The van der Waals surface area contributed by atoms with E-state index in [0.29, 0.717) is 22.8 Å². The van der Waals surface area contributed by atoms with Gasteiger partial charge in [0.05, 0.1) is 11.4 Å². The maximum Gasteiger partial charge on any atom is 0.149 e. The molecule has 2 nitrogen and oxygen atoms in total. The van der Waals surface area contributed by atoms with E-state index in [2.05, 4.69) is 4.98 Å². The Labute approximate surface area is 121 Å². The molecule has 1 saturated heterocycles. The van der Waals surface area contributed by atoms with Gasteiger partial charge in [-0.3, -0.25) is 0 Å². The summed E-state index contributed by atoms with van der Waals surface area (Å²) in [6, 6.07) is 5.04. The molecule has 1 aliphatic heterocycles. The van der Waals surface area contributed by atoms with Gasteiger partial charge < -0.3 is 4.57 Å². The fourth-order valence-electron chi connectivity index (χ4n) is 2.68. The zero-order valence-electron chi connectivity index (χ0n) is 10.6. The molecule has 0 atom stereocenters. The summed E-state index contributed by atoms with van der Waals surface area (Å²) in [5.74, 6) is 3.92. The Morgan fingerprint density at radius 2 is 2.16 bits per heavy atom. The number of halogens is 2. The van der Waals surface area contributed by atoms with Crippen LogP contribution >= 0.6 is 23.4 Å². The lowest BCUT2D eigenvalue weighted by Gasteiger charge is -2.22. The van der Waals surface area contributed by atoms with Crippen LogP contribution in [-0.4, -0.2) is 21.1 Å². The third kappa shape index (κ3) is 2.61. The molecule has 1 aromatic heterocycles. The molecule has 0 N–H and O–H groups in total. The number of alkyl halides is 1. The van der Waals surface area contributed by atoms with Gasteiger partial charge in [0, 0.05) is 6.54 Å². The van der Waals surface area contributed by atoms with Crippen LogP contribution in [0, 0.1) is 11.7 Å². The van der Waals surface area contributed by atoms with Crippen molar-refractivity contribution in [1.82, 2.24) is 9.55 Å². The average Bonchev–Trinajstić information content (AvgIpc) is 2.79. The molecule has 0 bridgehead atoms. The van der Waals surface area contributed by atoms with Gasteiger partial charge in [-0.2, -0.15) is 11.8 Å². The van der Waals surface area contributed by atoms with Crippen molar-refractivity contribution in [1.29, 1.82) is 0 Å². The molecule has 0 amide bonds. The number of benzene rings is 1. The highest BCUT2D eigenvalue weighted by Gasteiger charge is 2.19. The van der Waals surface area contributed by atoms with Crippen molar-refractivity contribution in [2.75, 3.05) is 11.5 Å². The molecule has 1 fully saturated rings. The van der Waals surface area contributed by atoms with Crippen LogP contribution in [0.2, 0.25) is 0 Å². The number of imidazole rings is 1. The van der Waals surface area contributed by atoms with E-state index in [1.54, 1.807) is 6.07 Å². The summed E-state index contributed by atoms with van der Waals surface area (Å²) in [5.41, 5.74) is 1.32. The minimum absolute atomic E-state index is 0.202. The van der Waals surface area contributed by atoms with Crippen LogP contribution in [0.4, 0.5) is 4.39 Å². The molecule has 2 aromatic rings. The number of fused-ring (bicyclic) bond motifs is 1. The number of aromatic nitrogens is 2. The summed E-state index contributed by atoms with van der Waals surface area (Å²) in [7, 11) is 0. The normalized spacial score (nSPS) is 17.2. The van der Waals surface area contributed by atoms with Crippen LogP contribution in [0.5, 0.6) is 0 Å². The molecular formula is C14H16ClFN2S. The molecule has 5 heteroatoms. The quantitative estimate of drug-likeness (QED) is 0.795. The summed E-state index contributed by atoms with van der Waals surface area (Å²) < 4.78 is 16.0. The molecule has 2 heterocycles. The minimum atomic E-state index is -0.202. The Morgan fingerprint density at radius 3 is 2.89 bits per heavy atom. The van der Waals surface area contributed by atoms with E-state index in [1.165, 1.54) is 30.4 Å². The van der Waals surface area contributed by atoms with Crippen LogP contribution in [0.15, 0.2) is 18.2 Å². The standard InChI is InChI=1S/C14H16ClFN2S/c15-8-13-17-12-3-1-2-11(16)14(12)18(13)9-10-4-6-19-7-5-10/h1-3,10H,4-9H2. The zero-order valence-corrected chi connectivity index (χ0v) is 12.2. The first kappa shape index (κ1) is 13.3. The van der Waals surface area contributed by atoms with Crippen LogP contribution in [-0.2, 0) is 12.4 Å². The van der Waals surface area contributed by atoms with E-state index in [0.717, 1.165) is 12.4 Å². The van der Waals surface area contributed by atoms with Crippen molar-refractivity contribution in [2.45, 2.75) is 25.3 Å². The van der Waals surface area contributed by atoms with E-state index in [-0.39, 0.29) is 5.82 Å². The second-order valence-electron chi connectivity index (χ2n) is 4.94. The highest BCUT2D eigenvalue weighted by molar-refractivity contribution is 7.99. The summed E-state index contributed by atoms with van der Waals surface area (Å²) in [6.45, 7) is 0.833. The van der Waals surface area contributed by atoms with E-state index in [1.807, 2.05) is 22.4 Å². The second kappa shape index (κ2) is 5.71. The lowest BCUT2D eigenvalue weighted by molar-refractivity contribution is 0.415. The number of hydrogen-bond acceptors (Lipinski definition) is 2. The minimum Gasteiger partial charge on any atom is -0.324 e. The molecule has 102 valence electrons. The maximum atomic E-state index is 14.0. The first-order chi connectivity index (χ1) is 9.29. The summed E-state index contributed by atoms with van der Waals surface area (Å²) in [6.07, 6.45) is 2.39. The molecule has 0 aliphatic carbocycles. The van der Waals surface area contributed by atoms with Gasteiger partial charge in [-0.05, 0) is 42.4 Å². The smallest absolute Gasteiger partial charge is 0.149 e. The SMILES string of the molecule is Fc1cccc2nc(CCl)n(CC3CCSCC3)c12. The lowest BCUT2D eigenvalue weighted by Crippen LogP contribution is -2.17. The number of rotatable bonds is 3. The van der Waals surface area contributed by atoms with Crippen molar-refractivity contribution in [3.8, 4) is 0 Å². The van der Waals surface area contributed by atoms with E-state index < -0.39 is 0 Å². The predicted molar refractivity (Wildman–Crippen MR) is 79.3 cm³/mol. The number of hydrogen-bond donors (Lipinski definition) is 0. The highest BCUT2D eigenvalue weighted by atomic mass is 35.5. The Morgan fingerprint density at radius 1 is 1.37 bits per heavy atom. The Bertz CT molecular complexity index is 578. The van der Waals surface area contributed by atoms with Gasteiger partial charge in [-0.1, -0.05) is 6.07 Å². The third-order valence-corrected chi connectivity index (χ3v) is 4.99. The van der Waals surface area contributed by atoms with Crippen molar-refractivity contribution < 1.29 is 4.39 Å². The molecule has 0 saturated carbocycles. The molecule has 1 aliphatic rings. The second-order valence-corrected chi connectivity index (χ2v) is 6.43. The monoisotopic (exact) mass is 298 g/mol. The average molecular weight is 299 g/mol. The summed E-state index contributed by atoms with van der Waals surface area (Å²) >= 11 is 7.97. The Hall–Kier alpha value is -0.740.